The minimum absolute atomic E-state index is 0.0197. The number of nitrogens with one attached hydrogen (secondary N) is 2. The third kappa shape index (κ3) is 4.36. The maximum absolute atomic E-state index is 12.8. The van der Waals surface area contributed by atoms with Crippen LogP contribution in [0, 0.1) is 17.0 Å². The van der Waals surface area contributed by atoms with Gasteiger partial charge in [0.1, 0.15) is 5.75 Å². The van der Waals surface area contributed by atoms with Gasteiger partial charge in [0.2, 0.25) is 0 Å². The van der Waals surface area contributed by atoms with E-state index >= 15 is 0 Å². The summed E-state index contributed by atoms with van der Waals surface area (Å²) in [4.78, 5) is 23.2. The van der Waals surface area contributed by atoms with Crippen LogP contribution in [0.15, 0.2) is 53.0 Å². The Hall–Kier alpha value is -3.04. The molecule has 0 fully saturated rings. The van der Waals surface area contributed by atoms with Crippen LogP contribution in [-0.2, 0) is 0 Å². The normalized spacial score (nSPS) is 10.4. The molecule has 0 radical (unpaired) electrons. The Morgan fingerprint density at radius 3 is 2.59 bits per heavy atom. The van der Waals surface area contributed by atoms with Gasteiger partial charge >= 0.3 is 0 Å². The number of aryl methyl sites for hydroxylation is 1. The monoisotopic (exact) mass is 473 g/mol. The molecule has 29 heavy (non-hydrogen) atoms. The number of hydrogen-bond acceptors (Lipinski definition) is 5. The van der Waals surface area contributed by atoms with Gasteiger partial charge in [0, 0.05) is 17.8 Å². The maximum Gasteiger partial charge on any atom is 0.269 e. The third-order valence-corrected chi connectivity index (χ3v) is 5.28. The van der Waals surface area contributed by atoms with Crippen LogP contribution >= 0.6 is 28.1 Å². The van der Waals surface area contributed by atoms with Crippen LogP contribution < -0.4 is 15.4 Å². The van der Waals surface area contributed by atoms with E-state index in [4.69, 9.17) is 17.0 Å². The molecule has 0 heterocycles. The minimum atomic E-state index is -0.471. The Balaban J connectivity index is 1.83. The standard InChI is InChI=1S/C20H16BrN3O4S/c1-11-9-13(24(26)27)7-8-16(11)22-20(29)23-19(25)15-10-12-5-3-4-6-14(12)17(21)18(15)28-2/h3-10H,1-2H3,(H2,22,23,25,29). The average Bonchev–Trinajstić information content (AvgIpc) is 2.69. The third-order valence-electron chi connectivity index (χ3n) is 4.29. The summed E-state index contributed by atoms with van der Waals surface area (Å²) in [6, 6.07) is 13.7. The summed E-state index contributed by atoms with van der Waals surface area (Å²) in [5.74, 6) is -0.0408. The van der Waals surface area contributed by atoms with Crippen LogP contribution in [0.5, 0.6) is 5.75 Å². The van der Waals surface area contributed by atoms with E-state index in [1.807, 2.05) is 24.3 Å². The Morgan fingerprint density at radius 1 is 1.21 bits per heavy atom. The highest BCUT2D eigenvalue weighted by atomic mass is 79.9. The molecule has 148 valence electrons. The number of thiocarbonyl (C=S) groups is 1. The number of hydrogen-bond donors (Lipinski definition) is 2. The number of ether oxygens (including phenoxy) is 1. The van der Waals surface area contributed by atoms with Gasteiger partial charge in [0.15, 0.2) is 5.11 Å². The van der Waals surface area contributed by atoms with E-state index in [1.165, 1.54) is 19.2 Å². The highest BCUT2D eigenvalue weighted by Crippen LogP contribution is 2.36. The summed E-state index contributed by atoms with van der Waals surface area (Å²) < 4.78 is 6.10. The number of nitro benzene ring substituents is 1. The van der Waals surface area contributed by atoms with E-state index in [9.17, 15) is 14.9 Å². The molecule has 1 amide bonds. The van der Waals surface area contributed by atoms with Crippen LogP contribution in [0.25, 0.3) is 10.8 Å². The number of benzene rings is 3. The average molecular weight is 474 g/mol. The van der Waals surface area contributed by atoms with E-state index in [0.29, 0.717) is 27.0 Å². The summed E-state index contributed by atoms with van der Waals surface area (Å²) in [5, 5.41) is 18.2. The van der Waals surface area contributed by atoms with Crippen molar-refractivity contribution in [3.8, 4) is 5.75 Å². The van der Waals surface area contributed by atoms with Crippen LogP contribution in [0.2, 0.25) is 0 Å². The largest absolute Gasteiger partial charge is 0.495 e. The van der Waals surface area contributed by atoms with Crippen molar-refractivity contribution >= 4 is 61.3 Å². The molecule has 0 bridgehead atoms. The van der Waals surface area contributed by atoms with Gasteiger partial charge in [-0.1, -0.05) is 24.3 Å². The molecule has 3 aromatic rings. The summed E-state index contributed by atoms with van der Waals surface area (Å²) in [6.45, 7) is 1.71. The van der Waals surface area contributed by atoms with Crippen LogP contribution in [-0.4, -0.2) is 23.1 Å². The molecule has 0 saturated heterocycles. The molecule has 0 atom stereocenters. The maximum atomic E-state index is 12.8. The molecular formula is C20H16BrN3O4S. The minimum Gasteiger partial charge on any atom is -0.495 e. The lowest BCUT2D eigenvalue weighted by molar-refractivity contribution is -0.384. The molecule has 0 saturated carbocycles. The number of methoxy groups -OCH3 is 1. The van der Waals surface area contributed by atoms with Crippen LogP contribution in [0.4, 0.5) is 11.4 Å². The topological polar surface area (TPSA) is 93.5 Å². The fourth-order valence-electron chi connectivity index (χ4n) is 2.88. The second-order valence-electron chi connectivity index (χ2n) is 6.16. The molecule has 0 aliphatic carbocycles. The van der Waals surface area contributed by atoms with Crippen molar-refractivity contribution in [1.29, 1.82) is 0 Å². The van der Waals surface area contributed by atoms with Gasteiger partial charge in [-0.15, -0.1) is 0 Å². The summed E-state index contributed by atoms with van der Waals surface area (Å²) in [6.07, 6.45) is 0. The van der Waals surface area contributed by atoms with Crippen LogP contribution in [0.3, 0.4) is 0 Å². The molecule has 0 aliphatic heterocycles. The molecule has 0 aliphatic rings. The van der Waals surface area contributed by atoms with E-state index in [-0.39, 0.29) is 10.8 Å². The number of nitro groups is 1. The number of anilines is 1. The van der Waals surface area contributed by atoms with Gasteiger partial charge in [0.05, 0.1) is 22.1 Å². The molecule has 7 nitrogen and oxygen atoms in total. The van der Waals surface area contributed by atoms with Gasteiger partial charge in [0.25, 0.3) is 11.6 Å². The Morgan fingerprint density at radius 2 is 1.93 bits per heavy atom. The second kappa shape index (κ2) is 8.54. The first-order chi connectivity index (χ1) is 13.8. The molecule has 0 spiro atoms. The van der Waals surface area contributed by atoms with E-state index < -0.39 is 10.8 Å². The van der Waals surface area contributed by atoms with Crippen molar-refractivity contribution in [3.05, 3.63) is 74.2 Å². The number of carbonyl (C=O) groups excluding carboxylic acids is 1. The zero-order valence-electron chi connectivity index (χ0n) is 15.5. The molecular weight excluding hydrogens is 458 g/mol. The van der Waals surface area contributed by atoms with Crippen LogP contribution in [0.1, 0.15) is 15.9 Å². The van der Waals surface area contributed by atoms with Crippen molar-refractivity contribution < 1.29 is 14.5 Å². The molecule has 3 rings (SSSR count). The fourth-order valence-corrected chi connectivity index (χ4v) is 3.82. The predicted molar refractivity (Wildman–Crippen MR) is 120 cm³/mol. The summed E-state index contributed by atoms with van der Waals surface area (Å²) in [7, 11) is 1.49. The van der Waals surface area contributed by atoms with Gasteiger partial charge in [-0.2, -0.15) is 0 Å². The number of carbonyl (C=O) groups is 1. The highest BCUT2D eigenvalue weighted by molar-refractivity contribution is 9.10. The predicted octanol–water partition coefficient (Wildman–Crippen LogP) is 4.95. The van der Waals surface area contributed by atoms with Gasteiger partial charge in [-0.25, -0.2) is 0 Å². The van der Waals surface area contributed by atoms with Gasteiger partial charge in [-0.3, -0.25) is 20.2 Å². The lowest BCUT2D eigenvalue weighted by atomic mass is 10.1. The molecule has 3 aromatic carbocycles. The summed E-state index contributed by atoms with van der Waals surface area (Å²) >= 11 is 8.74. The lowest BCUT2D eigenvalue weighted by Gasteiger charge is -2.15. The number of halogens is 1. The van der Waals surface area contributed by atoms with Crippen molar-refractivity contribution in [2.45, 2.75) is 6.92 Å². The highest BCUT2D eigenvalue weighted by Gasteiger charge is 2.19. The Kier molecular flexibility index (Phi) is 6.09. The van der Waals surface area contributed by atoms with E-state index in [0.717, 1.165) is 10.8 Å². The SMILES string of the molecule is COc1c(C(=O)NC(=S)Nc2ccc([N+](=O)[O-])cc2C)cc2ccccc2c1Br. The zero-order chi connectivity index (χ0) is 21.1. The van der Waals surface area contributed by atoms with Crippen molar-refractivity contribution in [2.75, 3.05) is 12.4 Å². The van der Waals surface area contributed by atoms with Crippen molar-refractivity contribution in [2.24, 2.45) is 0 Å². The molecule has 0 aromatic heterocycles. The number of nitrogens with zero attached hydrogens (tertiary/aromatic N) is 1. The van der Waals surface area contributed by atoms with Crippen molar-refractivity contribution in [3.63, 3.8) is 0 Å². The number of fused-ring (bicyclic) bond motifs is 1. The molecule has 0 unspecified atom stereocenters. The second-order valence-corrected chi connectivity index (χ2v) is 7.36. The van der Waals surface area contributed by atoms with E-state index in [1.54, 1.807) is 19.1 Å². The number of non-ortho nitro benzene ring substituents is 1. The fraction of sp³-hybridized carbons (Fsp3) is 0.100. The summed E-state index contributed by atoms with van der Waals surface area (Å²) in [5.41, 5.74) is 1.49. The molecule has 2 N–H and O–H groups in total. The smallest absolute Gasteiger partial charge is 0.269 e. The van der Waals surface area contributed by atoms with Gasteiger partial charge in [-0.05, 0) is 63.5 Å². The molecule has 9 heteroatoms. The Bertz CT molecular complexity index is 1150. The first-order valence-electron chi connectivity index (χ1n) is 8.44. The number of rotatable bonds is 4. The zero-order valence-corrected chi connectivity index (χ0v) is 17.9. The van der Waals surface area contributed by atoms with E-state index in [2.05, 4.69) is 26.6 Å². The quantitative estimate of drug-likeness (QED) is 0.316. The first-order valence-corrected chi connectivity index (χ1v) is 9.64. The number of amides is 1. The van der Waals surface area contributed by atoms with Crippen molar-refractivity contribution in [1.82, 2.24) is 5.32 Å². The lowest BCUT2D eigenvalue weighted by Crippen LogP contribution is -2.34. The van der Waals surface area contributed by atoms with Gasteiger partial charge < -0.3 is 10.1 Å². The first kappa shape index (κ1) is 20.7. The Labute approximate surface area is 180 Å².